The van der Waals surface area contributed by atoms with E-state index in [0.29, 0.717) is 42.0 Å². The van der Waals surface area contributed by atoms with Crippen molar-refractivity contribution in [1.82, 2.24) is 4.90 Å². The first-order valence-electron chi connectivity index (χ1n) is 20.4. The van der Waals surface area contributed by atoms with E-state index < -0.39 is 28.8 Å². The number of fused-ring (bicyclic) bond motifs is 2. The van der Waals surface area contributed by atoms with Gasteiger partial charge in [-0.25, -0.2) is 9.18 Å². The number of aliphatic hydroxyl groups is 2. The fourth-order valence-electron chi connectivity index (χ4n) is 9.04. The molecule has 3 aromatic rings. The maximum atomic E-state index is 14.7. The predicted molar refractivity (Wildman–Crippen MR) is 219 cm³/mol. The van der Waals surface area contributed by atoms with Gasteiger partial charge in [0.2, 0.25) is 5.79 Å². The summed E-state index contributed by atoms with van der Waals surface area (Å²) in [5.74, 6) is -1.51. The number of carbonyl (C=O) groups excluding carboxylic acids is 1. The number of nitro benzene ring substituents is 1. The number of rotatable bonds is 20. The second-order valence-corrected chi connectivity index (χ2v) is 15.1. The van der Waals surface area contributed by atoms with Crippen LogP contribution in [0.15, 0.2) is 96.2 Å². The molecule has 2 aliphatic carbocycles. The molecule has 0 radical (unpaired) electrons. The molecule has 1 aliphatic heterocycles. The van der Waals surface area contributed by atoms with E-state index in [-0.39, 0.29) is 74.4 Å². The summed E-state index contributed by atoms with van der Waals surface area (Å²) >= 11 is 0. The summed E-state index contributed by atoms with van der Waals surface area (Å²) in [7, 11) is 1.48. The largest absolute Gasteiger partial charge is 0.489 e. The van der Waals surface area contributed by atoms with Crippen molar-refractivity contribution in [3.63, 3.8) is 0 Å². The molecule has 6 rings (SSSR count). The maximum absolute atomic E-state index is 14.7. The molecular formula is C45H54FN3O10. The van der Waals surface area contributed by atoms with Crippen molar-refractivity contribution in [2.75, 3.05) is 33.5 Å². The number of allylic oxidation sites excluding steroid dienone is 1. The Morgan fingerprint density at radius 1 is 1.07 bits per heavy atom. The highest BCUT2D eigenvalue weighted by molar-refractivity contribution is 6.03. The zero-order valence-corrected chi connectivity index (χ0v) is 33.7. The van der Waals surface area contributed by atoms with E-state index in [1.807, 2.05) is 19.1 Å². The van der Waals surface area contributed by atoms with E-state index in [2.05, 4.69) is 17.8 Å². The van der Waals surface area contributed by atoms with Crippen LogP contribution < -0.4 is 14.2 Å². The topological polar surface area (TPSA) is 162 Å². The first kappa shape index (κ1) is 43.3. The second-order valence-electron chi connectivity index (χ2n) is 15.1. The van der Waals surface area contributed by atoms with E-state index in [1.54, 1.807) is 35.2 Å². The Hall–Kier alpha value is -5.31. The number of halogens is 1. The van der Waals surface area contributed by atoms with Gasteiger partial charge < -0.3 is 34.0 Å². The van der Waals surface area contributed by atoms with E-state index in [1.165, 1.54) is 37.4 Å². The van der Waals surface area contributed by atoms with Crippen LogP contribution in [-0.4, -0.2) is 77.1 Å². The van der Waals surface area contributed by atoms with Crippen molar-refractivity contribution in [3.8, 4) is 17.2 Å². The number of benzene rings is 3. The number of nitrogens with zero attached hydrogens (tertiary/aromatic N) is 3. The lowest BCUT2D eigenvalue weighted by Crippen LogP contribution is -2.70. The lowest BCUT2D eigenvalue weighted by atomic mass is 9.55. The summed E-state index contributed by atoms with van der Waals surface area (Å²) in [5.41, 5.74) is 2.63. The molecule has 2 N–H and O–H groups in total. The van der Waals surface area contributed by atoms with E-state index in [0.717, 1.165) is 36.8 Å². The minimum atomic E-state index is -1.51. The van der Waals surface area contributed by atoms with Crippen molar-refractivity contribution in [2.45, 2.75) is 82.6 Å². The third kappa shape index (κ3) is 9.45. The van der Waals surface area contributed by atoms with Gasteiger partial charge in [0.25, 0.3) is 5.69 Å². The van der Waals surface area contributed by atoms with E-state index in [4.69, 9.17) is 23.8 Å². The van der Waals surface area contributed by atoms with Gasteiger partial charge in [-0.15, -0.1) is 6.58 Å². The molecule has 1 heterocycles. The molecule has 3 aromatic carbocycles. The summed E-state index contributed by atoms with van der Waals surface area (Å²) in [6.45, 7) is 6.36. The van der Waals surface area contributed by atoms with Crippen LogP contribution in [0, 0.1) is 33.7 Å². The fraction of sp³-hybridized carbons (Fsp3) is 0.467. The van der Waals surface area contributed by atoms with Gasteiger partial charge >= 0.3 is 6.09 Å². The highest BCUT2D eigenvalue weighted by Crippen LogP contribution is 2.62. The molecule has 0 saturated heterocycles. The number of ether oxygens (including phenoxy) is 4. The molecule has 6 unspecified atom stereocenters. The molecular weight excluding hydrogens is 762 g/mol. The summed E-state index contributed by atoms with van der Waals surface area (Å²) in [4.78, 5) is 32.3. The quantitative estimate of drug-likeness (QED) is 0.0490. The standard InChI is InChI=1S/C45H54FN3O10/c1-4-22-48(44(52)58-33-18-16-32(17-19-33)49(53)54)41-28-39(47-55-3)36-26-30(12-8-10-23-50)35(14-9-11-24-51)42-37-27-34(56-29-31-13-6-7-15-38(31)46)20-21-40(37)59-45(41,43(36)42)57-25-5-2/h5-7,13,15-21,26-27,30,35,41-43,50-51H,2,4,8-12,14,22-25,28-29H2,1,3H3. The normalized spacial score (nSPS) is 23.6. The van der Waals surface area contributed by atoms with Gasteiger partial charge in [0.05, 0.1) is 23.2 Å². The first-order chi connectivity index (χ1) is 28.7. The Bertz CT molecular complexity index is 1990. The molecule has 1 fully saturated rings. The van der Waals surface area contributed by atoms with Crippen molar-refractivity contribution >= 4 is 17.5 Å². The Morgan fingerprint density at radius 2 is 1.80 bits per heavy atom. The zero-order valence-electron chi connectivity index (χ0n) is 33.7. The van der Waals surface area contributed by atoms with Gasteiger partial charge in [0.15, 0.2) is 0 Å². The van der Waals surface area contributed by atoms with Crippen molar-refractivity contribution in [1.29, 1.82) is 0 Å². The van der Waals surface area contributed by atoms with Gasteiger partial charge in [0, 0.05) is 55.4 Å². The van der Waals surface area contributed by atoms with Crippen LogP contribution >= 0.6 is 0 Å². The molecule has 3 aliphatic rings. The highest BCUT2D eigenvalue weighted by Gasteiger charge is 2.65. The SMILES string of the molecule is C=CCOC12Oc3ccc(OCc4ccccc4F)cc3C3C(CCCCO)C(CCCCO)C=C(C(=NOC)CC1N(CCC)C(=O)Oc1ccc([N+](=O)[O-])cc1)C32. The van der Waals surface area contributed by atoms with Crippen molar-refractivity contribution in [3.05, 3.63) is 118 Å². The molecule has 0 aromatic heterocycles. The van der Waals surface area contributed by atoms with Gasteiger partial charge in [-0.2, -0.15) is 0 Å². The van der Waals surface area contributed by atoms with E-state index >= 15 is 0 Å². The van der Waals surface area contributed by atoms with Crippen molar-refractivity contribution < 1.29 is 48.1 Å². The number of carbonyl (C=O) groups is 1. The summed E-state index contributed by atoms with van der Waals surface area (Å²) in [6, 6.07) is 16.5. The Balaban J connectivity index is 1.52. The van der Waals surface area contributed by atoms with Crippen LogP contribution in [0.1, 0.15) is 75.3 Å². The molecule has 14 heteroatoms. The number of amides is 1. The first-order valence-corrected chi connectivity index (χ1v) is 20.4. The molecule has 6 atom stereocenters. The third-order valence-corrected chi connectivity index (χ3v) is 11.5. The number of unbranched alkanes of at least 4 members (excludes halogenated alkanes) is 2. The van der Waals surface area contributed by atoms with Crippen LogP contribution in [0.25, 0.3) is 0 Å². The molecule has 0 bridgehead atoms. The minimum Gasteiger partial charge on any atom is -0.489 e. The third-order valence-electron chi connectivity index (χ3n) is 11.5. The van der Waals surface area contributed by atoms with Crippen LogP contribution in [0.3, 0.4) is 0 Å². The van der Waals surface area contributed by atoms with Gasteiger partial charge in [-0.1, -0.05) is 55.3 Å². The lowest BCUT2D eigenvalue weighted by Gasteiger charge is -2.59. The van der Waals surface area contributed by atoms with Gasteiger partial charge in [-0.3, -0.25) is 15.0 Å². The number of nitro groups is 1. The average molecular weight is 816 g/mol. The molecule has 1 saturated carbocycles. The monoisotopic (exact) mass is 815 g/mol. The van der Waals surface area contributed by atoms with Gasteiger partial charge in [-0.05, 0) is 85.9 Å². The smallest absolute Gasteiger partial charge is 0.415 e. The van der Waals surface area contributed by atoms with Crippen LogP contribution in [0.5, 0.6) is 17.2 Å². The predicted octanol–water partition coefficient (Wildman–Crippen LogP) is 8.49. The fourth-order valence-corrected chi connectivity index (χ4v) is 9.04. The molecule has 316 valence electrons. The Kier molecular flexibility index (Phi) is 14.7. The molecule has 0 spiro atoms. The highest BCUT2D eigenvalue weighted by atomic mass is 19.1. The summed E-state index contributed by atoms with van der Waals surface area (Å²) in [6.07, 6.45) is 8.21. The zero-order chi connectivity index (χ0) is 41.9. The maximum Gasteiger partial charge on any atom is 0.415 e. The number of non-ortho nitro benzene ring substituents is 1. The summed E-state index contributed by atoms with van der Waals surface area (Å²) in [5, 5.41) is 35.6. The van der Waals surface area contributed by atoms with Crippen molar-refractivity contribution in [2.24, 2.45) is 22.9 Å². The number of hydrogen-bond acceptors (Lipinski definition) is 11. The molecule has 13 nitrogen and oxygen atoms in total. The van der Waals surface area contributed by atoms with E-state index in [9.17, 15) is 29.5 Å². The van der Waals surface area contributed by atoms with Crippen LogP contribution in [0.4, 0.5) is 14.9 Å². The molecule has 1 amide bonds. The van der Waals surface area contributed by atoms with Crippen LogP contribution in [-0.2, 0) is 16.2 Å². The number of oxime groups is 1. The molecule has 59 heavy (non-hydrogen) atoms. The average Bonchev–Trinajstić information content (AvgIpc) is 3.23. The Morgan fingerprint density at radius 3 is 2.47 bits per heavy atom. The Labute approximate surface area is 344 Å². The number of aliphatic hydroxyl groups excluding tert-OH is 2. The minimum absolute atomic E-state index is 0.0111. The summed E-state index contributed by atoms with van der Waals surface area (Å²) < 4.78 is 40.9. The lowest BCUT2D eigenvalue weighted by molar-refractivity contribution is -0.384. The number of hydrogen-bond donors (Lipinski definition) is 2. The second kappa shape index (κ2) is 20.1. The van der Waals surface area contributed by atoms with Gasteiger partial charge in [0.1, 0.15) is 42.8 Å². The van der Waals surface area contributed by atoms with Crippen LogP contribution in [0.2, 0.25) is 0 Å².